The van der Waals surface area contributed by atoms with Gasteiger partial charge in [0.15, 0.2) is 0 Å². The topological polar surface area (TPSA) is 54.7 Å². The van der Waals surface area contributed by atoms with Gasteiger partial charge in [-0.05, 0) is 22.9 Å². The van der Waals surface area contributed by atoms with Crippen LogP contribution in [-0.4, -0.2) is 9.97 Å². The summed E-state index contributed by atoms with van der Waals surface area (Å²) >= 11 is 6.05. The van der Waals surface area contributed by atoms with Crippen molar-refractivity contribution in [2.24, 2.45) is 0 Å². The van der Waals surface area contributed by atoms with Gasteiger partial charge in [-0.2, -0.15) is 0 Å². The van der Waals surface area contributed by atoms with E-state index in [1.165, 1.54) is 5.39 Å². The van der Waals surface area contributed by atoms with E-state index in [0.29, 0.717) is 10.7 Å². The maximum Gasteiger partial charge on any atom is 0.139 e. The summed E-state index contributed by atoms with van der Waals surface area (Å²) in [5.74, 6) is 0.802. The Balaban J connectivity index is 2.03. The zero-order valence-electron chi connectivity index (χ0n) is 11.1. The summed E-state index contributed by atoms with van der Waals surface area (Å²) in [4.78, 5) is 7.94. The second kappa shape index (κ2) is 4.50. The Morgan fingerprint density at radius 3 is 2.71 bits per heavy atom. The largest absolute Gasteiger partial charge is 0.397 e. The van der Waals surface area contributed by atoms with Crippen LogP contribution in [0.15, 0.2) is 54.6 Å². The minimum absolute atomic E-state index is 0.584. The fraction of sp³-hybridized carbons (Fsp3) is 0. The molecule has 4 aromatic rings. The molecule has 0 aliphatic rings. The molecule has 0 unspecified atom stereocenters. The monoisotopic (exact) mass is 293 g/mol. The van der Waals surface area contributed by atoms with E-state index < -0.39 is 0 Å². The molecule has 0 radical (unpaired) electrons. The molecule has 0 aliphatic heterocycles. The van der Waals surface area contributed by atoms with E-state index in [4.69, 9.17) is 17.3 Å². The minimum Gasteiger partial charge on any atom is -0.397 e. The highest BCUT2D eigenvalue weighted by atomic mass is 35.5. The number of H-pyrrole nitrogens is 1. The predicted molar refractivity (Wildman–Crippen MR) is 88.5 cm³/mol. The summed E-state index contributed by atoms with van der Waals surface area (Å²) < 4.78 is 0. The number of aromatic amines is 1. The van der Waals surface area contributed by atoms with Gasteiger partial charge in [-0.3, -0.25) is 0 Å². The third-order valence-corrected chi connectivity index (χ3v) is 3.84. The summed E-state index contributed by atoms with van der Waals surface area (Å²) in [6, 6.07) is 18.0. The van der Waals surface area contributed by atoms with E-state index in [0.717, 1.165) is 27.8 Å². The summed E-state index contributed by atoms with van der Waals surface area (Å²) in [6.45, 7) is 0. The highest BCUT2D eigenvalue weighted by Gasteiger charge is 2.11. The number of rotatable bonds is 1. The number of nitrogens with two attached hydrogens (primary N) is 1. The first-order valence-corrected chi connectivity index (χ1v) is 7.03. The molecule has 4 rings (SSSR count). The molecule has 1 heterocycles. The molecule has 0 bridgehead atoms. The number of hydrogen-bond donors (Lipinski definition) is 2. The van der Waals surface area contributed by atoms with Gasteiger partial charge in [0.1, 0.15) is 11.3 Å². The molecule has 102 valence electrons. The molecular weight excluding hydrogens is 282 g/mol. The number of hydrogen-bond acceptors (Lipinski definition) is 2. The molecule has 0 atom stereocenters. The highest BCUT2D eigenvalue weighted by molar-refractivity contribution is 6.31. The van der Waals surface area contributed by atoms with Crippen LogP contribution < -0.4 is 5.73 Å². The molecule has 0 saturated heterocycles. The Morgan fingerprint density at radius 2 is 1.81 bits per heavy atom. The van der Waals surface area contributed by atoms with Crippen LogP contribution in [0.5, 0.6) is 0 Å². The average molecular weight is 294 g/mol. The lowest BCUT2D eigenvalue weighted by Crippen LogP contribution is -1.86. The number of benzene rings is 3. The molecule has 0 amide bonds. The van der Waals surface area contributed by atoms with Crippen LogP contribution in [0.4, 0.5) is 5.69 Å². The molecule has 21 heavy (non-hydrogen) atoms. The highest BCUT2D eigenvalue weighted by Crippen LogP contribution is 2.31. The maximum absolute atomic E-state index is 6.05. The van der Waals surface area contributed by atoms with Crippen molar-refractivity contribution in [3.8, 4) is 11.4 Å². The van der Waals surface area contributed by atoms with Gasteiger partial charge in [0.2, 0.25) is 0 Å². The number of aromatic nitrogens is 2. The number of nitrogen functional groups attached to an aromatic ring is 1. The first kappa shape index (κ1) is 12.2. The van der Waals surface area contributed by atoms with Gasteiger partial charge < -0.3 is 10.7 Å². The Hall–Kier alpha value is -2.52. The number of fused-ring (bicyclic) bond motifs is 2. The number of imidazole rings is 1. The summed E-state index contributed by atoms with van der Waals surface area (Å²) in [5.41, 5.74) is 9.24. The second-order valence-electron chi connectivity index (χ2n) is 5.00. The van der Waals surface area contributed by atoms with Gasteiger partial charge in [0.25, 0.3) is 0 Å². The Kier molecular flexibility index (Phi) is 2.62. The van der Waals surface area contributed by atoms with Crippen LogP contribution in [-0.2, 0) is 0 Å². The van der Waals surface area contributed by atoms with Crippen molar-refractivity contribution in [3.63, 3.8) is 0 Å². The third-order valence-electron chi connectivity index (χ3n) is 3.63. The lowest BCUT2D eigenvalue weighted by Gasteiger charge is -2.03. The smallest absolute Gasteiger partial charge is 0.139 e. The molecule has 3 aromatic carbocycles. The average Bonchev–Trinajstić information content (AvgIpc) is 2.90. The van der Waals surface area contributed by atoms with Gasteiger partial charge in [-0.1, -0.05) is 54.1 Å². The van der Waals surface area contributed by atoms with Crippen molar-refractivity contribution in [1.82, 2.24) is 9.97 Å². The van der Waals surface area contributed by atoms with Gasteiger partial charge >= 0.3 is 0 Å². The fourth-order valence-electron chi connectivity index (χ4n) is 2.67. The minimum atomic E-state index is 0.584. The SMILES string of the molecule is Nc1cc(Cl)cc2[nH]c(-c3cccc4ccccc34)nc12. The van der Waals surface area contributed by atoms with Gasteiger partial charge in [-0.25, -0.2) is 4.98 Å². The van der Waals surface area contributed by atoms with Crippen LogP contribution in [0, 0.1) is 0 Å². The van der Waals surface area contributed by atoms with Crippen LogP contribution >= 0.6 is 11.6 Å². The van der Waals surface area contributed by atoms with Crippen molar-refractivity contribution in [2.75, 3.05) is 5.73 Å². The summed E-state index contributed by atoms with van der Waals surface area (Å²) in [5, 5.41) is 2.94. The van der Waals surface area contributed by atoms with Crippen LogP contribution in [0.3, 0.4) is 0 Å². The third kappa shape index (κ3) is 1.94. The first-order valence-electron chi connectivity index (χ1n) is 6.65. The van der Waals surface area contributed by atoms with Crippen LogP contribution in [0.2, 0.25) is 5.02 Å². The van der Waals surface area contributed by atoms with E-state index in [2.05, 4.69) is 34.2 Å². The molecule has 4 heteroatoms. The lowest BCUT2D eigenvalue weighted by molar-refractivity contribution is 1.35. The van der Waals surface area contributed by atoms with E-state index >= 15 is 0 Å². The molecule has 0 fully saturated rings. The van der Waals surface area contributed by atoms with Crippen molar-refractivity contribution < 1.29 is 0 Å². The number of nitrogens with one attached hydrogen (secondary N) is 1. The van der Waals surface area contributed by atoms with Gasteiger partial charge in [-0.15, -0.1) is 0 Å². The van der Waals surface area contributed by atoms with Crippen molar-refractivity contribution in [1.29, 1.82) is 0 Å². The molecule has 0 aliphatic carbocycles. The molecule has 1 aromatic heterocycles. The van der Waals surface area contributed by atoms with Gasteiger partial charge in [0, 0.05) is 10.6 Å². The second-order valence-corrected chi connectivity index (χ2v) is 5.44. The Bertz CT molecular complexity index is 967. The maximum atomic E-state index is 6.05. The molecular formula is C17H12ClN3. The van der Waals surface area contributed by atoms with Crippen molar-refractivity contribution in [3.05, 3.63) is 59.6 Å². The summed E-state index contributed by atoms with van der Waals surface area (Å²) in [7, 11) is 0. The number of halogens is 1. The van der Waals surface area contributed by atoms with Crippen LogP contribution in [0.1, 0.15) is 0 Å². The van der Waals surface area contributed by atoms with Crippen molar-refractivity contribution >= 4 is 39.1 Å². The lowest BCUT2D eigenvalue weighted by atomic mass is 10.0. The molecule has 3 nitrogen and oxygen atoms in total. The standard InChI is InChI=1S/C17H12ClN3/c18-11-8-14(19)16-15(9-11)20-17(21-16)13-7-3-5-10-4-1-2-6-12(10)13/h1-9H,19H2,(H,20,21). The van der Waals surface area contributed by atoms with Crippen molar-refractivity contribution in [2.45, 2.75) is 0 Å². The van der Waals surface area contributed by atoms with Gasteiger partial charge in [0.05, 0.1) is 11.2 Å². The Labute approximate surface area is 126 Å². The summed E-state index contributed by atoms with van der Waals surface area (Å²) in [6.07, 6.45) is 0. The molecule has 0 saturated carbocycles. The number of nitrogens with zero attached hydrogens (tertiary/aromatic N) is 1. The number of anilines is 1. The fourth-order valence-corrected chi connectivity index (χ4v) is 2.89. The van der Waals surface area contributed by atoms with E-state index in [9.17, 15) is 0 Å². The normalized spacial score (nSPS) is 11.3. The molecule has 3 N–H and O–H groups in total. The predicted octanol–water partition coefficient (Wildman–Crippen LogP) is 4.62. The van der Waals surface area contributed by atoms with E-state index in [-0.39, 0.29) is 0 Å². The van der Waals surface area contributed by atoms with Crippen LogP contribution in [0.25, 0.3) is 33.2 Å². The quantitative estimate of drug-likeness (QED) is 0.503. The zero-order chi connectivity index (χ0) is 14.4. The zero-order valence-corrected chi connectivity index (χ0v) is 11.9. The van der Waals surface area contributed by atoms with E-state index in [1.54, 1.807) is 6.07 Å². The van der Waals surface area contributed by atoms with E-state index in [1.807, 2.05) is 24.3 Å². The Morgan fingerprint density at radius 1 is 1.00 bits per heavy atom. The first-order chi connectivity index (χ1) is 10.2. The molecule has 0 spiro atoms.